The van der Waals surface area contributed by atoms with Crippen molar-refractivity contribution in [1.82, 2.24) is 5.32 Å². The second-order valence-electron chi connectivity index (χ2n) is 14.0. The first kappa shape index (κ1) is 48.9. The molecule has 9 nitrogen and oxygen atoms in total. The maximum atomic E-state index is 12.8. The summed E-state index contributed by atoms with van der Waals surface area (Å²) in [5.41, 5.74) is 5.34. The van der Waals surface area contributed by atoms with E-state index in [9.17, 15) is 24.5 Å². The lowest BCUT2D eigenvalue weighted by molar-refractivity contribution is -0.131. The van der Waals surface area contributed by atoms with Crippen molar-refractivity contribution < 1.29 is 33.5 Å². The molecular formula is C40H79N2O7P. The van der Waals surface area contributed by atoms with Gasteiger partial charge in [-0.15, -0.1) is 0 Å². The number of allylic oxidation sites excluding steroid dienone is 3. The largest absolute Gasteiger partial charge is 0.472 e. The number of nitrogens with one attached hydrogen (secondary N) is 1. The molecule has 0 radical (unpaired) electrons. The standard InChI is InChI=1S/C40H79N2O7P/c1-3-5-7-9-11-13-14-15-16-17-18-19-20-21-22-23-25-27-29-31-33-39(44)40(45)42-37(36-49-50(46,47)48-35-34-41)38(43)32-30-28-26-24-12-10-8-6-4-2/h15-16,30,32,37-39,43-44H,3-14,17-29,31,33-36,41H2,1-2H3,(H,42,45)(H,46,47)/b16-15-,32-30+/t37-,38+,39?/m0/s1. The van der Waals surface area contributed by atoms with Crippen LogP contribution in [0.15, 0.2) is 24.3 Å². The number of phosphoric acid groups is 1. The van der Waals surface area contributed by atoms with E-state index in [-0.39, 0.29) is 13.2 Å². The number of rotatable bonds is 38. The molecule has 0 rings (SSSR count). The average molecular weight is 731 g/mol. The minimum Gasteiger partial charge on any atom is -0.387 e. The molecule has 0 aromatic carbocycles. The highest BCUT2D eigenvalue weighted by Crippen LogP contribution is 2.43. The fourth-order valence-electron chi connectivity index (χ4n) is 5.90. The second-order valence-corrected chi connectivity index (χ2v) is 15.4. The zero-order valence-corrected chi connectivity index (χ0v) is 33.1. The quantitative estimate of drug-likeness (QED) is 0.0239. The Hall–Kier alpha value is -1.06. The van der Waals surface area contributed by atoms with Crippen LogP contribution in [0.4, 0.5) is 0 Å². The molecule has 1 amide bonds. The van der Waals surface area contributed by atoms with Crippen LogP contribution in [-0.4, -0.2) is 59.0 Å². The molecule has 0 heterocycles. The molecule has 4 atom stereocenters. The van der Waals surface area contributed by atoms with E-state index < -0.39 is 38.6 Å². The van der Waals surface area contributed by atoms with Crippen molar-refractivity contribution in [2.75, 3.05) is 19.8 Å². The molecule has 0 aromatic heterocycles. The van der Waals surface area contributed by atoms with Crippen LogP contribution in [0, 0.1) is 0 Å². The maximum absolute atomic E-state index is 12.8. The van der Waals surface area contributed by atoms with E-state index in [2.05, 4.69) is 31.3 Å². The summed E-state index contributed by atoms with van der Waals surface area (Å²) in [4.78, 5) is 22.7. The summed E-state index contributed by atoms with van der Waals surface area (Å²) in [6, 6.07) is -1.03. The predicted molar refractivity (Wildman–Crippen MR) is 209 cm³/mol. The lowest BCUT2D eigenvalue weighted by Crippen LogP contribution is -2.49. The summed E-state index contributed by atoms with van der Waals surface area (Å²) in [5, 5.41) is 23.9. The van der Waals surface area contributed by atoms with E-state index in [1.807, 2.05) is 6.08 Å². The number of hydrogen-bond acceptors (Lipinski definition) is 7. The number of carbonyl (C=O) groups excluding carboxylic acids is 1. The van der Waals surface area contributed by atoms with Crippen molar-refractivity contribution in [2.45, 2.75) is 205 Å². The van der Waals surface area contributed by atoms with E-state index in [1.54, 1.807) is 6.08 Å². The number of nitrogens with two attached hydrogens (primary N) is 1. The number of unbranched alkanes of at least 4 members (excludes halogenated alkanes) is 23. The van der Waals surface area contributed by atoms with Gasteiger partial charge in [-0.2, -0.15) is 0 Å². The fourth-order valence-corrected chi connectivity index (χ4v) is 6.66. The zero-order valence-electron chi connectivity index (χ0n) is 32.3. The Labute approximate surface area is 307 Å². The lowest BCUT2D eigenvalue weighted by Gasteiger charge is -2.24. The van der Waals surface area contributed by atoms with Gasteiger partial charge >= 0.3 is 7.82 Å². The Morgan fingerprint density at radius 3 is 1.54 bits per heavy atom. The van der Waals surface area contributed by atoms with Crippen LogP contribution < -0.4 is 11.1 Å². The van der Waals surface area contributed by atoms with Gasteiger partial charge < -0.3 is 26.2 Å². The Morgan fingerprint density at radius 1 is 0.660 bits per heavy atom. The summed E-state index contributed by atoms with van der Waals surface area (Å²) in [6.07, 6.45) is 37.3. The summed E-state index contributed by atoms with van der Waals surface area (Å²) in [7, 11) is -4.40. The monoisotopic (exact) mass is 731 g/mol. The number of phosphoric ester groups is 1. The number of amides is 1. The molecule has 0 aliphatic rings. The summed E-state index contributed by atoms with van der Waals surface area (Å²) >= 11 is 0. The lowest BCUT2D eigenvalue weighted by atomic mass is 10.0. The molecule has 2 unspecified atom stereocenters. The minimum absolute atomic E-state index is 0.0436. The number of aliphatic hydroxyl groups excluding tert-OH is 2. The highest BCUT2D eigenvalue weighted by atomic mass is 31.2. The van der Waals surface area contributed by atoms with E-state index in [0.29, 0.717) is 6.42 Å². The van der Waals surface area contributed by atoms with Crippen LogP contribution in [0.2, 0.25) is 0 Å². The van der Waals surface area contributed by atoms with Crippen molar-refractivity contribution in [3.63, 3.8) is 0 Å². The number of carbonyl (C=O) groups is 1. The third-order valence-electron chi connectivity index (χ3n) is 9.13. The van der Waals surface area contributed by atoms with Gasteiger partial charge in [-0.3, -0.25) is 13.8 Å². The van der Waals surface area contributed by atoms with Gasteiger partial charge in [-0.05, 0) is 44.9 Å². The molecule has 0 aliphatic heterocycles. The Balaban J connectivity index is 4.22. The topological polar surface area (TPSA) is 151 Å². The summed E-state index contributed by atoms with van der Waals surface area (Å²) in [5.74, 6) is -0.637. The molecule has 0 fully saturated rings. The van der Waals surface area contributed by atoms with Crippen molar-refractivity contribution >= 4 is 13.7 Å². The van der Waals surface area contributed by atoms with Crippen LogP contribution in [0.25, 0.3) is 0 Å². The smallest absolute Gasteiger partial charge is 0.387 e. The first-order valence-corrected chi connectivity index (χ1v) is 22.1. The SMILES string of the molecule is CCCCCCCC/C=C\CCCCCCCCCCCCC(O)C(=O)N[C@@H](COP(=O)(O)OCCN)[C@H](O)/C=C/CCCCCCCCC. The normalized spacial score (nSPS) is 15.1. The molecule has 50 heavy (non-hydrogen) atoms. The number of hydrogen-bond donors (Lipinski definition) is 5. The van der Waals surface area contributed by atoms with Crippen LogP contribution in [0.5, 0.6) is 0 Å². The molecule has 0 aromatic rings. The first-order valence-electron chi connectivity index (χ1n) is 20.6. The average Bonchev–Trinajstić information content (AvgIpc) is 3.10. The van der Waals surface area contributed by atoms with Gasteiger partial charge in [-0.1, -0.05) is 167 Å². The van der Waals surface area contributed by atoms with Gasteiger partial charge in [0.2, 0.25) is 5.91 Å². The Morgan fingerprint density at radius 2 is 1.08 bits per heavy atom. The molecule has 6 N–H and O–H groups in total. The van der Waals surface area contributed by atoms with Gasteiger partial charge in [0.25, 0.3) is 0 Å². The van der Waals surface area contributed by atoms with Gasteiger partial charge in [0.15, 0.2) is 0 Å². The van der Waals surface area contributed by atoms with Crippen LogP contribution in [0.1, 0.15) is 187 Å². The summed E-state index contributed by atoms with van der Waals surface area (Å²) in [6.45, 7) is 3.88. The molecule has 0 saturated heterocycles. The van der Waals surface area contributed by atoms with Crippen molar-refractivity contribution in [3.05, 3.63) is 24.3 Å². The van der Waals surface area contributed by atoms with E-state index in [0.717, 1.165) is 44.9 Å². The van der Waals surface area contributed by atoms with Gasteiger partial charge in [0.05, 0.1) is 25.4 Å². The highest BCUT2D eigenvalue weighted by Gasteiger charge is 2.28. The minimum atomic E-state index is -4.40. The number of aliphatic hydroxyl groups is 2. The Bertz CT molecular complexity index is 858. The molecule has 0 saturated carbocycles. The molecule has 0 aliphatic carbocycles. The van der Waals surface area contributed by atoms with Crippen LogP contribution in [0.3, 0.4) is 0 Å². The maximum Gasteiger partial charge on any atom is 0.472 e. The van der Waals surface area contributed by atoms with Crippen LogP contribution >= 0.6 is 7.82 Å². The molecule has 296 valence electrons. The van der Waals surface area contributed by atoms with Crippen molar-refractivity contribution in [2.24, 2.45) is 5.73 Å². The third-order valence-corrected chi connectivity index (χ3v) is 10.1. The molecule has 10 heteroatoms. The summed E-state index contributed by atoms with van der Waals surface area (Å²) < 4.78 is 21.9. The van der Waals surface area contributed by atoms with Gasteiger partial charge in [0, 0.05) is 6.54 Å². The molecule has 0 bridgehead atoms. The second kappa shape index (κ2) is 36.3. The first-order chi connectivity index (χ1) is 24.3. The van der Waals surface area contributed by atoms with E-state index >= 15 is 0 Å². The van der Waals surface area contributed by atoms with Gasteiger partial charge in [-0.25, -0.2) is 4.57 Å². The van der Waals surface area contributed by atoms with Crippen LogP contribution in [-0.2, 0) is 18.4 Å². The Kier molecular flexibility index (Phi) is 35.5. The fraction of sp³-hybridized carbons (Fsp3) is 0.875. The predicted octanol–water partition coefficient (Wildman–Crippen LogP) is 9.97. The van der Waals surface area contributed by atoms with E-state index in [1.165, 1.54) is 122 Å². The van der Waals surface area contributed by atoms with E-state index in [4.69, 9.17) is 14.8 Å². The molecular weight excluding hydrogens is 651 g/mol. The molecule has 0 spiro atoms. The highest BCUT2D eigenvalue weighted by molar-refractivity contribution is 7.47. The van der Waals surface area contributed by atoms with Crippen molar-refractivity contribution in [3.8, 4) is 0 Å². The third kappa shape index (κ3) is 32.8. The van der Waals surface area contributed by atoms with Gasteiger partial charge in [0.1, 0.15) is 6.10 Å². The van der Waals surface area contributed by atoms with Crippen molar-refractivity contribution in [1.29, 1.82) is 0 Å². The zero-order chi connectivity index (χ0) is 37.0.